The van der Waals surface area contributed by atoms with E-state index in [2.05, 4.69) is 12.2 Å². The van der Waals surface area contributed by atoms with Crippen molar-refractivity contribution in [3.63, 3.8) is 0 Å². The fourth-order valence-electron chi connectivity index (χ4n) is 3.32. The molecule has 6 nitrogen and oxygen atoms in total. The Kier molecular flexibility index (Phi) is 8.36. The minimum Gasteiger partial charge on any atom is -0.493 e. The number of hydrogen-bond donors (Lipinski definition) is 1. The third kappa shape index (κ3) is 6.29. The lowest BCUT2D eigenvalue weighted by atomic mass is 9.86. The Balaban J connectivity index is 1.89. The predicted molar refractivity (Wildman–Crippen MR) is 108 cm³/mol. The summed E-state index contributed by atoms with van der Waals surface area (Å²) in [6.07, 6.45) is 6.52. The number of benzene rings is 1. The number of ether oxygens (including phenoxy) is 3. The Hall–Kier alpha value is -2.50. The summed E-state index contributed by atoms with van der Waals surface area (Å²) < 4.78 is 16.0. The molecule has 6 heteroatoms. The van der Waals surface area contributed by atoms with Crippen LogP contribution in [0.2, 0.25) is 0 Å². The molecule has 2 rings (SSSR count). The molecule has 0 bridgehead atoms. The van der Waals surface area contributed by atoms with Crippen molar-refractivity contribution in [3.05, 3.63) is 29.8 Å². The first-order valence-electron chi connectivity index (χ1n) is 9.94. The highest BCUT2D eigenvalue weighted by atomic mass is 16.5. The van der Waals surface area contributed by atoms with E-state index < -0.39 is 12.1 Å². The third-order valence-electron chi connectivity index (χ3n) is 5.00. The highest BCUT2D eigenvalue weighted by molar-refractivity contribution is 5.90. The van der Waals surface area contributed by atoms with E-state index in [1.807, 2.05) is 13.0 Å². The van der Waals surface area contributed by atoms with Gasteiger partial charge in [0.2, 0.25) is 0 Å². The molecule has 0 aromatic heterocycles. The predicted octanol–water partition coefficient (Wildman–Crippen LogP) is 3.73. The molecule has 0 unspecified atom stereocenters. The number of hydrogen-bond acceptors (Lipinski definition) is 5. The Morgan fingerprint density at radius 1 is 1.25 bits per heavy atom. The summed E-state index contributed by atoms with van der Waals surface area (Å²) >= 11 is 0. The van der Waals surface area contributed by atoms with Gasteiger partial charge in [-0.05, 0) is 56.4 Å². The number of carbonyl (C=O) groups excluding carboxylic acids is 2. The molecule has 1 saturated carbocycles. The first-order valence-corrected chi connectivity index (χ1v) is 9.94. The first kappa shape index (κ1) is 21.8. The SMILES string of the molecule is CCOc1ccc(/C=C/C(=O)O[C@H](C)C(=O)N[C@H]2CCCC[C@H]2C)cc1OC. The van der Waals surface area contributed by atoms with Crippen molar-refractivity contribution in [2.24, 2.45) is 5.92 Å². The molecule has 28 heavy (non-hydrogen) atoms. The van der Waals surface area contributed by atoms with Gasteiger partial charge in [0.25, 0.3) is 5.91 Å². The van der Waals surface area contributed by atoms with Gasteiger partial charge in [-0.3, -0.25) is 4.79 Å². The third-order valence-corrected chi connectivity index (χ3v) is 5.00. The van der Waals surface area contributed by atoms with Gasteiger partial charge in [0.1, 0.15) is 0 Å². The van der Waals surface area contributed by atoms with Gasteiger partial charge in [-0.2, -0.15) is 0 Å². The van der Waals surface area contributed by atoms with Crippen LogP contribution in [0.3, 0.4) is 0 Å². The van der Waals surface area contributed by atoms with Crippen LogP contribution < -0.4 is 14.8 Å². The zero-order chi connectivity index (χ0) is 20.5. The summed E-state index contributed by atoms with van der Waals surface area (Å²) in [5, 5.41) is 3.01. The molecular weight excluding hydrogens is 358 g/mol. The monoisotopic (exact) mass is 389 g/mol. The molecule has 0 spiro atoms. The average molecular weight is 389 g/mol. The van der Waals surface area contributed by atoms with E-state index in [4.69, 9.17) is 14.2 Å². The van der Waals surface area contributed by atoms with Crippen LogP contribution in [-0.2, 0) is 14.3 Å². The summed E-state index contributed by atoms with van der Waals surface area (Å²) in [6.45, 7) is 6.18. The van der Waals surface area contributed by atoms with E-state index in [1.165, 1.54) is 12.5 Å². The first-order chi connectivity index (χ1) is 13.4. The lowest BCUT2D eigenvalue weighted by Gasteiger charge is -2.30. The minimum absolute atomic E-state index is 0.161. The van der Waals surface area contributed by atoms with Gasteiger partial charge in [-0.25, -0.2) is 4.79 Å². The average Bonchev–Trinajstić information content (AvgIpc) is 2.69. The molecule has 3 atom stereocenters. The second-order valence-corrected chi connectivity index (χ2v) is 7.13. The van der Waals surface area contributed by atoms with Gasteiger partial charge in [0, 0.05) is 12.1 Å². The highest BCUT2D eigenvalue weighted by Gasteiger charge is 2.25. The van der Waals surface area contributed by atoms with Crippen LogP contribution in [0.5, 0.6) is 11.5 Å². The van der Waals surface area contributed by atoms with Gasteiger partial charge >= 0.3 is 5.97 Å². The van der Waals surface area contributed by atoms with Crippen molar-refractivity contribution in [2.45, 2.75) is 58.6 Å². The molecule has 0 aliphatic heterocycles. The van der Waals surface area contributed by atoms with Crippen LogP contribution in [0, 0.1) is 5.92 Å². The van der Waals surface area contributed by atoms with Crippen molar-refractivity contribution in [3.8, 4) is 11.5 Å². The van der Waals surface area contributed by atoms with Gasteiger partial charge in [-0.15, -0.1) is 0 Å². The second kappa shape index (κ2) is 10.7. The fraction of sp³-hybridized carbons (Fsp3) is 0.545. The van der Waals surface area contributed by atoms with Crippen molar-refractivity contribution in [1.82, 2.24) is 5.32 Å². The molecule has 1 aliphatic carbocycles. The minimum atomic E-state index is -0.832. The molecule has 1 N–H and O–H groups in total. The number of methoxy groups -OCH3 is 1. The molecule has 0 heterocycles. The van der Waals surface area contributed by atoms with E-state index in [0.717, 1.165) is 24.8 Å². The smallest absolute Gasteiger partial charge is 0.331 e. The van der Waals surface area contributed by atoms with E-state index in [-0.39, 0.29) is 11.9 Å². The number of amides is 1. The van der Waals surface area contributed by atoms with Crippen LogP contribution in [0.25, 0.3) is 6.08 Å². The Morgan fingerprint density at radius 3 is 2.68 bits per heavy atom. The molecule has 1 amide bonds. The van der Waals surface area contributed by atoms with E-state index in [9.17, 15) is 9.59 Å². The van der Waals surface area contributed by atoms with Crippen molar-refractivity contribution >= 4 is 18.0 Å². The maximum Gasteiger partial charge on any atom is 0.331 e. The van der Waals surface area contributed by atoms with Gasteiger partial charge in [-0.1, -0.05) is 25.8 Å². The maximum atomic E-state index is 12.3. The normalized spacial score (nSPS) is 20.4. The quantitative estimate of drug-likeness (QED) is 0.542. The summed E-state index contributed by atoms with van der Waals surface area (Å²) in [5.74, 6) is 0.879. The molecule has 154 valence electrons. The lowest BCUT2D eigenvalue weighted by Crippen LogP contribution is -2.45. The van der Waals surface area contributed by atoms with Crippen LogP contribution in [0.4, 0.5) is 0 Å². The van der Waals surface area contributed by atoms with Gasteiger partial charge < -0.3 is 19.5 Å². The van der Waals surface area contributed by atoms with Crippen LogP contribution in [-0.4, -0.2) is 37.7 Å². The van der Waals surface area contributed by atoms with Crippen LogP contribution in [0.1, 0.15) is 52.0 Å². The molecule has 1 aliphatic rings. The number of esters is 1. The molecule has 0 saturated heterocycles. The van der Waals surface area contributed by atoms with E-state index in [1.54, 1.807) is 32.2 Å². The van der Waals surface area contributed by atoms with Crippen LogP contribution >= 0.6 is 0 Å². The molecule has 0 radical (unpaired) electrons. The fourth-order valence-corrected chi connectivity index (χ4v) is 3.32. The number of rotatable bonds is 8. The van der Waals surface area contributed by atoms with Crippen molar-refractivity contribution in [2.75, 3.05) is 13.7 Å². The molecule has 1 aromatic rings. The number of carbonyl (C=O) groups is 2. The topological polar surface area (TPSA) is 73.9 Å². The molecule has 1 fully saturated rings. The zero-order valence-electron chi connectivity index (χ0n) is 17.2. The summed E-state index contributed by atoms with van der Waals surface area (Å²) in [6, 6.07) is 5.54. The van der Waals surface area contributed by atoms with Crippen molar-refractivity contribution < 1.29 is 23.8 Å². The summed E-state index contributed by atoms with van der Waals surface area (Å²) in [7, 11) is 1.56. The molecular formula is C22H31NO5. The largest absolute Gasteiger partial charge is 0.493 e. The standard InChI is InChI=1S/C22H31NO5/c1-5-27-19-12-10-17(14-20(19)26-4)11-13-21(24)28-16(3)22(25)23-18-9-7-6-8-15(18)2/h10-16,18H,5-9H2,1-4H3,(H,23,25)/b13-11+/t15-,16-,18+/m1/s1. The second-order valence-electron chi connectivity index (χ2n) is 7.13. The Bertz CT molecular complexity index is 700. The lowest BCUT2D eigenvalue weighted by molar-refractivity contribution is -0.150. The Labute approximate surface area is 167 Å². The zero-order valence-corrected chi connectivity index (χ0v) is 17.2. The van der Waals surface area contributed by atoms with Gasteiger partial charge in [0.15, 0.2) is 17.6 Å². The highest BCUT2D eigenvalue weighted by Crippen LogP contribution is 2.28. The maximum absolute atomic E-state index is 12.3. The number of nitrogens with one attached hydrogen (secondary N) is 1. The van der Waals surface area contributed by atoms with E-state index >= 15 is 0 Å². The Morgan fingerprint density at radius 2 is 2.00 bits per heavy atom. The molecule has 1 aromatic carbocycles. The van der Waals surface area contributed by atoms with Crippen molar-refractivity contribution in [1.29, 1.82) is 0 Å². The van der Waals surface area contributed by atoms with Crippen LogP contribution in [0.15, 0.2) is 24.3 Å². The summed E-state index contributed by atoms with van der Waals surface area (Å²) in [4.78, 5) is 24.4. The summed E-state index contributed by atoms with van der Waals surface area (Å²) in [5.41, 5.74) is 0.769. The van der Waals surface area contributed by atoms with Gasteiger partial charge in [0.05, 0.1) is 13.7 Å². The van der Waals surface area contributed by atoms with E-state index in [0.29, 0.717) is 24.0 Å².